The Balaban J connectivity index is 1.41. The molecule has 0 bridgehead atoms. The Hall–Kier alpha value is -3.39. The number of thiazole rings is 1. The molecule has 4 rings (SSSR count). The topological polar surface area (TPSA) is 80.8 Å². The predicted molar refractivity (Wildman–Crippen MR) is 115 cm³/mol. The van der Waals surface area contributed by atoms with Crippen LogP contribution in [-0.2, 0) is 16.2 Å². The molecule has 154 valence electrons. The van der Waals surface area contributed by atoms with Crippen molar-refractivity contribution in [1.29, 1.82) is 0 Å². The van der Waals surface area contributed by atoms with Gasteiger partial charge >= 0.3 is 0 Å². The number of amides is 2. The van der Waals surface area contributed by atoms with Gasteiger partial charge < -0.3 is 19.7 Å². The third-order valence-electron chi connectivity index (χ3n) is 4.88. The lowest BCUT2D eigenvalue weighted by molar-refractivity contribution is -0.122. The molecular weight excluding hydrogens is 402 g/mol. The van der Waals surface area contributed by atoms with Gasteiger partial charge in [-0.2, -0.15) is 0 Å². The molecule has 2 heterocycles. The molecule has 7 nitrogen and oxygen atoms in total. The van der Waals surface area contributed by atoms with E-state index in [9.17, 15) is 9.59 Å². The maximum Gasteiger partial charge on any atom is 0.229 e. The van der Waals surface area contributed by atoms with E-state index < -0.39 is 5.92 Å². The smallest absolute Gasteiger partial charge is 0.229 e. The van der Waals surface area contributed by atoms with Gasteiger partial charge in [0.15, 0.2) is 0 Å². The molecule has 1 unspecified atom stereocenters. The van der Waals surface area contributed by atoms with Crippen LogP contribution in [0.1, 0.15) is 12.1 Å². The van der Waals surface area contributed by atoms with Crippen LogP contribution in [0.2, 0.25) is 0 Å². The molecule has 0 aliphatic carbocycles. The molecule has 1 aliphatic rings. The number of carbonyl (C=O) groups is 2. The van der Waals surface area contributed by atoms with Gasteiger partial charge in [0, 0.05) is 24.0 Å². The van der Waals surface area contributed by atoms with Gasteiger partial charge in [-0.25, -0.2) is 4.98 Å². The second-order valence-electron chi connectivity index (χ2n) is 6.86. The van der Waals surface area contributed by atoms with Crippen LogP contribution in [-0.4, -0.2) is 30.5 Å². The fourth-order valence-electron chi connectivity index (χ4n) is 3.29. The molecule has 8 heteroatoms. The van der Waals surface area contributed by atoms with E-state index in [4.69, 9.17) is 9.47 Å². The average Bonchev–Trinajstić information content (AvgIpc) is 3.43. The molecule has 2 amide bonds. The van der Waals surface area contributed by atoms with Gasteiger partial charge in [0.2, 0.25) is 11.8 Å². The Bertz CT molecular complexity index is 1020. The maximum absolute atomic E-state index is 12.8. The Morgan fingerprint density at radius 2 is 2.03 bits per heavy atom. The first kappa shape index (κ1) is 19.9. The second kappa shape index (κ2) is 8.96. The number of para-hydroxylation sites is 2. The van der Waals surface area contributed by atoms with E-state index in [1.807, 2.05) is 29.6 Å². The molecule has 1 fully saturated rings. The minimum atomic E-state index is -0.439. The highest BCUT2D eigenvalue weighted by atomic mass is 32.1. The highest BCUT2D eigenvalue weighted by molar-refractivity contribution is 7.07. The summed E-state index contributed by atoms with van der Waals surface area (Å²) in [6.45, 7) is 0.655. The zero-order valence-electron chi connectivity index (χ0n) is 16.4. The van der Waals surface area contributed by atoms with Crippen molar-refractivity contribution in [2.75, 3.05) is 23.9 Å². The van der Waals surface area contributed by atoms with E-state index in [0.29, 0.717) is 30.3 Å². The Morgan fingerprint density at radius 1 is 1.23 bits per heavy atom. The summed E-state index contributed by atoms with van der Waals surface area (Å²) in [5.74, 6) is 0.563. The van der Waals surface area contributed by atoms with E-state index in [2.05, 4.69) is 10.3 Å². The SMILES string of the molecule is COc1ccc(N2CC(C(=O)Nc3ccccc3OCc3cscn3)CC2=O)cc1. The van der Waals surface area contributed by atoms with Gasteiger partial charge in [-0.15, -0.1) is 11.3 Å². The number of benzene rings is 2. The van der Waals surface area contributed by atoms with Crippen molar-refractivity contribution >= 4 is 34.5 Å². The highest BCUT2D eigenvalue weighted by Gasteiger charge is 2.35. The number of methoxy groups -OCH3 is 1. The van der Waals surface area contributed by atoms with Crippen molar-refractivity contribution in [1.82, 2.24) is 4.98 Å². The van der Waals surface area contributed by atoms with Crippen molar-refractivity contribution in [3.8, 4) is 11.5 Å². The molecule has 3 aromatic rings. The largest absolute Gasteiger partial charge is 0.497 e. The molecule has 30 heavy (non-hydrogen) atoms. The summed E-state index contributed by atoms with van der Waals surface area (Å²) in [7, 11) is 1.59. The van der Waals surface area contributed by atoms with Crippen molar-refractivity contribution in [2.24, 2.45) is 5.92 Å². The van der Waals surface area contributed by atoms with Crippen LogP contribution in [0.15, 0.2) is 59.4 Å². The van der Waals surface area contributed by atoms with E-state index in [0.717, 1.165) is 11.4 Å². The Morgan fingerprint density at radius 3 is 2.77 bits per heavy atom. The summed E-state index contributed by atoms with van der Waals surface area (Å²) in [4.78, 5) is 31.2. The summed E-state index contributed by atoms with van der Waals surface area (Å²) >= 11 is 1.50. The molecule has 2 aromatic carbocycles. The quantitative estimate of drug-likeness (QED) is 0.626. The fourth-order valence-corrected chi connectivity index (χ4v) is 3.83. The van der Waals surface area contributed by atoms with Gasteiger partial charge in [0.05, 0.1) is 29.9 Å². The molecule has 0 spiro atoms. The van der Waals surface area contributed by atoms with Crippen LogP contribution in [0.25, 0.3) is 0 Å². The summed E-state index contributed by atoms with van der Waals surface area (Å²) in [6.07, 6.45) is 0.166. The minimum absolute atomic E-state index is 0.0756. The zero-order valence-corrected chi connectivity index (χ0v) is 17.2. The number of nitrogens with one attached hydrogen (secondary N) is 1. The first-order chi connectivity index (χ1) is 14.6. The second-order valence-corrected chi connectivity index (χ2v) is 7.58. The highest BCUT2D eigenvalue weighted by Crippen LogP contribution is 2.29. The van der Waals surface area contributed by atoms with Gasteiger partial charge in [0.1, 0.15) is 18.1 Å². The number of anilines is 2. The summed E-state index contributed by atoms with van der Waals surface area (Å²) < 4.78 is 11.0. The average molecular weight is 423 g/mol. The third-order valence-corrected chi connectivity index (χ3v) is 5.52. The number of rotatable bonds is 7. The molecular formula is C22H21N3O4S. The Kier molecular flexibility index (Phi) is 5.94. The predicted octanol–water partition coefficient (Wildman–Crippen LogP) is 3.72. The van der Waals surface area contributed by atoms with Crippen LogP contribution >= 0.6 is 11.3 Å². The maximum atomic E-state index is 12.8. The number of aromatic nitrogens is 1. The minimum Gasteiger partial charge on any atom is -0.497 e. The number of ether oxygens (including phenoxy) is 2. The number of nitrogens with zero attached hydrogens (tertiary/aromatic N) is 2. The first-order valence-electron chi connectivity index (χ1n) is 9.48. The van der Waals surface area contributed by atoms with Crippen LogP contribution in [0, 0.1) is 5.92 Å². The van der Waals surface area contributed by atoms with Gasteiger partial charge in [0.25, 0.3) is 0 Å². The number of hydrogen-bond donors (Lipinski definition) is 1. The van der Waals surface area contributed by atoms with E-state index in [1.54, 1.807) is 41.8 Å². The normalized spacial score (nSPS) is 15.8. The van der Waals surface area contributed by atoms with Crippen LogP contribution < -0.4 is 19.7 Å². The van der Waals surface area contributed by atoms with Gasteiger partial charge in [-0.05, 0) is 36.4 Å². The van der Waals surface area contributed by atoms with E-state index in [-0.39, 0.29) is 18.2 Å². The standard InChI is InChI=1S/C22H21N3O4S/c1-28-18-8-6-17(7-9-18)25-11-15(10-21(25)26)22(27)24-19-4-2-3-5-20(19)29-12-16-13-30-14-23-16/h2-9,13-15H,10-12H2,1H3,(H,24,27). The monoisotopic (exact) mass is 423 g/mol. The molecule has 1 aliphatic heterocycles. The van der Waals surface area contributed by atoms with Crippen molar-refractivity contribution in [2.45, 2.75) is 13.0 Å². The lowest BCUT2D eigenvalue weighted by Gasteiger charge is -2.17. The third kappa shape index (κ3) is 4.44. The van der Waals surface area contributed by atoms with Crippen LogP contribution in [0.5, 0.6) is 11.5 Å². The summed E-state index contributed by atoms with van der Waals surface area (Å²) in [5, 5.41) is 4.83. The van der Waals surface area contributed by atoms with E-state index in [1.165, 1.54) is 11.3 Å². The fraction of sp³-hybridized carbons (Fsp3) is 0.227. The number of carbonyl (C=O) groups excluding carboxylic acids is 2. The van der Waals surface area contributed by atoms with Crippen molar-refractivity contribution in [3.05, 3.63) is 65.1 Å². The van der Waals surface area contributed by atoms with Gasteiger partial charge in [-0.3, -0.25) is 9.59 Å². The van der Waals surface area contributed by atoms with Crippen LogP contribution in [0.3, 0.4) is 0 Å². The van der Waals surface area contributed by atoms with Gasteiger partial charge in [-0.1, -0.05) is 12.1 Å². The summed E-state index contributed by atoms with van der Waals surface area (Å²) in [6, 6.07) is 14.5. The molecule has 0 saturated carbocycles. The van der Waals surface area contributed by atoms with Crippen LogP contribution in [0.4, 0.5) is 11.4 Å². The zero-order chi connectivity index (χ0) is 20.9. The molecule has 1 N–H and O–H groups in total. The molecule has 0 radical (unpaired) electrons. The first-order valence-corrected chi connectivity index (χ1v) is 10.4. The molecule has 1 atom stereocenters. The lowest BCUT2D eigenvalue weighted by atomic mass is 10.1. The van der Waals surface area contributed by atoms with E-state index >= 15 is 0 Å². The lowest BCUT2D eigenvalue weighted by Crippen LogP contribution is -2.28. The van der Waals surface area contributed by atoms with Crippen molar-refractivity contribution in [3.63, 3.8) is 0 Å². The molecule has 1 aromatic heterocycles. The summed E-state index contributed by atoms with van der Waals surface area (Å²) in [5.41, 5.74) is 3.91. The van der Waals surface area contributed by atoms with Crippen molar-refractivity contribution < 1.29 is 19.1 Å². The Labute approximate surface area is 178 Å². The number of hydrogen-bond acceptors (Lipinski definition) is 6. The molecule has 1 saturated heterocycles.